The van der Waals surface area contributed by atoms with Crippen molar-refractivity contribution in [2.45, 2.75) is 13.0 Å². The molecule has 0 saturated carbocycles. The van der Waals surface area contributed by atoms with Gasteiger partial charge < -0.3 is 21.7 Å². The van der Waals surface area contributed by atoms with Crippen LogP contribution in [0.4, 0.5) is 10.5 Å². The van der Waals surface area contributed by atoms with Crippen LogP contribution in [-0.2, 0) is 13.0 Å². The number of hydrogen-bond acceptors (Lipinski definition) is 5. The zero-order valence-electron chi connectivity index (χ0n) is 16.1. The summed E-state index contributed by atoms with van der Waals surface area (Å²) in [6.45, 7) is 1.73. The summed E-state index contributed by atoms with van der Waals surface area (Å²) in [6.07, 6.45) is 2.71. The first kappa shape index (κ1) is 20.5. The summed E-state index contributed by atoms with van der Waals surface area (Å²) in [5.41, 5.74) is 14.1. The Morgan fingerprint density at radius 1 is 1.14 bits per heavy atom. The van der Waals surface area contributed by atoms with Gasteiger partial charge in [-0.25, -0.2) is 4.79 Å². The maximum Gasteiger partial charge on any atom is 0.316 e. The normalized spacial score (nSPS) is 10.8. The molecule has 0 fully saturated rings. The van der Waals surface area contributed by atoms with Crippen molar-refractivity contribution in [3.8, 4) is 10.4 Å². The third kappa shape index (κ3) is 5.63. The molecule has 150 valence electrons. The summed E-state index contributed by atoms with van der Waals surface area (Å²) in [7, 11) is 2.08. The second-order valence-electron chi connectivity index (χ2n) is 6.71. The van der Waals surface area contributed by atoms with E-state index in [1.807, 2.05) is 36.5 Å². The average molecular weight is 410 g/mol. The molecule has 0 aliphatic rings. The third-order valence-electron chi connectivity index (χ3n) is 4.38. The number of pyridine rings is 1. The Bertz CT molecular complexity index is 986. The van der Waals surface area contributed by atoms with Crippen LogP contribution in [0.5, 0.6) is 0 Å². The van der Waals surface area contributed by atoms with E-state index in [4.69, 9.17) is 11.5 Å². The predicted molar refractivity (Wildman–Crippen MR) is 116 cm³/mol. The molecule has 2 aromatic heterocycles. The van der Waals surface area contributed by atoms with Crippen LogP contribution in [0.15, 0.2) is 54.7 Å². The number of carbonyl (C=O) groups excluding carboxylic acids is 2. The largest absolute Gasteiger partial charge is 0.365 e. The minimum atomic E-state index is -0.735. The van der Waals surface area contributed by atoms with Gasteiger partial charge in [0.15, 0.2) is 0 Å². The number of aromatic nitrogens is 1. The highest BCUT2D eigenvalue weighted by Crippen LogP contribution is 2.34. The Balaban J connectivity index is 1.65. The molecule has 3 amide bonds. The molecule has 3 aromatic rings. The smallest absolute Gasteiger partial charge is 0.316 e. The van der Waals surface area contributed by atoms with Gasteiger partial charge in [-0.1, -0.05) is 30.3 Å². The number of amides is 3. The van der Waals surface area contributed by atoms with Gasteiger partial charge in [0.1, 0.15) is 4.88 Å². The van der Waals surface area contributed by atoms with Gasteiger partial charge in [-0.2, -0.15) is 0 Å². The molecule has 7 nitrogen and oxygen atoms in total. The van der Waals surface area contributed by atoms with Gasteiger partial charge in [0.2, 0.25) is 0 Å². The number of likely N-dealkylation sites (N-methyl/N-ethyl adjacent to an activating group) is 1. The van der Waals surface area contributed by atoms with Gasteiger partial charge in [-0.15, -0.1) is 11.3 Å². The van der Waals surface area contributed by atoms with Crippen LogP contribution in [0.25, 0.3) is 10.4 Å². The molecular formula is C21H23N5O2S. The molecule has 0 atom stereocenters. The standard InChI is InChI=1S/C21H23N5O2S/c1-26(11-9-16-4-2-3-10-24-16)13-14-5-7-15(8-6-14)18-12-17(25-21(23)28)19(29-18)20(22)27/h2-8,10,12H,9,11,13H2,1H3,(H2,22,27)(H3,23,25,28). The molecule has 3 rings (SSSR count). The SMILES string of the molecule is CN(CCc1ccccn1)Cc1ccc(-c2cc(NC(N)=O)c(C(N)=O)s2)cc1. The van der Waals surface area contributed by atoms with Crippen molar-refractivity contribution in [2.24, 2.45) is 11.5 Å². The molecular weight excluding hydrogens is 386 g/mol. The van der Waals surface area contributed by atoms with Gasteiger partial charge in [0.05, 0.1) is 5.69 Å². The van der Waals surface area contributed by atoms with E-state index in [0.29, 0.717) is 5.69 Å². The van der Waals surface area contributed by atoms with Crippen LogP contribution in [0, 0.1) is 0 Å². The van der Waals surface area contributed by atoms with Crippen molar-refractivity contribution in [1.29, 1.82) is 0 Å². The van der Waals surface area contributed by atoms with E-state index in [2.05, 4.69) is 34.4 Å². The van der Waals surface area contributed by atoms with Crippen LogP contribution in [0.3, 0.4) is 0 Å². The van der Waals surface area contributed by atoms with Crippen LogP contribution in [0.1, 0.15) is 20.9 Å². The predicted octanol–water partition coefficient (Wildman–Crippen LogP) is 3.07. The quantitative estimate of drug-likeness (QED) is 0.530. The maximum absolute atomic E-state index is 11.6. The third-order valence-corrected chi connectivity index (χ3v) is 5.58. The van der Waals surface area contributed by atoms with Crippen molar-refractivity contribution >= 4 is 29.0 Å². The van der Waals surface area contributed by atoms with E-state index in [9.17, 15) is 9.59 Å². The summed E-state index contributed by atoms with van der Waals surface area (Å²) in [5.74, 6) is -0.601. The Kier molecular flexibility index (Phi) is 6.58. The molecule has 0 aliphatic heterocycles. The molecule has 1 aromatic carbocycles. The molecule has 0 unspecified atom stereocenters. The first-order valence-electron chi connectivity index (χ1n) is 9.10. The number of hydrogen-bond donors (Lipinski definition) is 3. The Morgan fingerprint density at radius 2 is 1.90 bits per heavy atom. The zero-order chi connectivity index (χ0) is 20.8. The highest BCUT2D eigenvalue weighted by molar-refractivity contribution is 7.18. The lowest BCUT2D eigenvalue weighted by Gasteiger charge is -2.16. The Hall–Kier alpha value is -3.23. The highest BCUT2D eigenvalue weighted by Gasteiger charge is 2.16. The second-order valence-corrected chi connectivity index (χ2v) is 7.76. The molecule has 0 saturated heterocycles. The van der Waals surface area contributed by atoms with E-state index in [1.165, 1.54) is 16.9 Å². The monoisotopic (exact) mass is 409 g/mol. The lowest BCUT2D eigenvalue weighted by molar-refractivity contribution is 0.100. The molecule has 0 bridgehead atoms. The van der Waals surface area contributed by atoms with E-state index < -0.39 is 11.9 Å². The molecule has 5 N–H and O–H groups in total. The van der Waals surface area contributed by atoms with Crippen molar-refractivity contribution in [1.82, 2.24) is 9.88 Å². The lowest BCUT2D eigenvalue weighted by Crippen LogP contribution is -2.21. The minimum Gasteiger partial charge on any atom is -0.365 e. The van der Waals surface area contributed by atoms with Crippen LogP contribution >= 0.6 is 11.3 Å². The van der Waals surface area contributed by atoms with Gasteiger partial charge in [0, 0.05) is 36.3 Å². The number of primary amides is 2. The van der Waals surface area contributed by atoms with Gasteiger partial charge in [-0.05, 0) is 36.4 Å². The maximum atomic E-state index is 11.6. The number of carbonyl (C=O) groups is 2. The highest BCUT2D eigenvalue weighted by atomic mass is 32.1. The average Bonchev–Trinajstić information content (AvgIpc) is 3.11. The summed E-state index contributed by atoms with van der Waals surface area (Å²) in [4.78, 5) is 30.5. The molecule has 2 heterocycles. The first-order chi connectivity index (χ1) is 13.9. The molecule has 8 heteroatoms. The molecule has 0 aliphatic carbocycles. The summed E-state index contributed by atoms with van der Waals surface area (Å²) in [5, 5.41) is 2.45. The molecule has 0 radical (unpaired) electrons. The number of nitrogens with two attached hydrogens (primary N) is 2. The van der Waals surface area contributed by atoms with Crippen LogP contribution in [-0.4, -0.2) is 35.4 Å². The number of nitrogens with one attached hydrogen (secondary N) is 1. The Morgan fingerprint density at radius 3 is 2.52 bits per heavy atom. The molecule has 29 heavy (non-hydrogen) atoms. The minimum absolute atomic E-state index is 0.275. The fraction of sp³-hybridized carbons (Fsp3) is 0.190. The van der Waals surface area contributed by atoms with Gasteiger partial charge in [0.25, 0.3) is 5.91 Å². The van der Waals surface area contributed by atoms with Crippen LogP contribution in [0.2, 0.25) is 0 Å². The number of rotatable bonds is 8. The number of benzene rings is 1. The molecule has 0 spiro atoms. The van der Waals surface area contributed by atoms with Crippen LogP contribution < -0.4 is 16.8 Å². The van der Waals surface area contributed by atoms with E-state index in [0.717, 1.165) is 35.6 Å². The van der Waals surface area contributed by atoms with Crippen molar-refractivity contribution in [3.63, 3.8) is 0 Å². The summed E-state index contributed by atoms with van der Waals surface area (Å²) >= 11 is 1.23. The fourth-order valence-corrected chi connectivity index (χ4v) is 3.93. The van der Waals surface area contributed by atoms with E-state index >= 15 is 0 Å². The zero-order valence-corrected chi connectivity index (χ0v) is 16.9. The topological polar surface area (TPSA) is 114 Å². The van der Waals surface area contributed by atoms with Gasteiger partial charge >= 0.3 is 6.03 Å². The summed E-state index contributed by atoms with van der Waals surface area (Å²) < 4.78 is 0. The number of thiophene rings is 1. The fourth-order valence-electron chi connectivity index (χ4n) is 2.96. The van der Waals surface area contributed by atoms with Crippen molar-refractivity contribution < 1.29 is 9.59 Å². The number of urea groups is 1. The Labute approximate surface area is 173 Å². The lowest BCUT2D eigenvalue weighted by atomic mass is 10.1. The number of anilines is 1. The van der Waals surface area contributed by atoms with E-state index in [1.54, 1.807) is 6.07 Å². The van der Waals surface area contributed by atoms with Crippen molar-refractivity contribution in [2.75, 3.05) is 18.9 Å². The summed E-state index contributed by atoms with van der Waals surface area (Å²) in [6, 6.07) is 15.0. The second kappa shape index (κ2) is 9.31. The number of nitrogens with zero attached hydrogens (tertiary/aromatic N) is 2. The van der Waals surface area contributed by atoms with Gasteiger partial charge in [-0.3, -0.25) is 9.78 Å². The van der Waals surface area contributed by atoms with Crippen molar-refractivity contribution in [3.05, 3.63) is 70.9 Å². The first-order valence-corrected chi connectivity index (χ1v) is 9.92. The van der Waals surface area contributed by atoms with E-state index in [-0.39, 0.29) is 4.88 Å².